The van der Waals surface area contributed by atoms with Gasteiger partial charge in [0.25, 0.3) is 0 Å². The summed E-state index contributed by atoms with van der Waals surface area (Å²) in [5, 5.41) is 3.69. The second kappa shape index (κ2) is 6.14. The van der Waals surface area contributed by atoms with E-state index in [0.717, 1.165) is 42.7 Å². The molecule has 19 heavy (non-hydrogen) atoms. The lowest BCUT2D eigenvalue weighted by molar-refractivity contribution is 0.277. The van der Waals surface area contributed by atoms with Crippen molar-refractivity contribution in [2.75, 3.05) is 31.6 Å². The number of nitrogens with zero attached hydrogens (tertiary/aromatic N) is 1. The Morgan fingerprint density at radius 1 is 1.32 bits per heavy atom. The number of rotatable bonds is 4. The number of hydrogen-bond acceptors (Lipinski definition) is 3. The van der Waals surface area contributed by atoms with Crippen LogP contribution in [-0.4, -0.2) is 32.3 Å². The Kier molecular flexibility index (Phi) is 4.74. The smallest absolute Gasteiger partial charge is 0.122 e. The zero-order valence-corrected chi connectivity index (χ0v) is 13.6. The minimum Gasteiger partial charge on any atom is -0.497 e. The molecule has 1 aliphatic rings. The van der Waals surface area contributed by atoms with Crippen LogP contribution in [0.2, 0.25) is 0 Å². The molecule has 1 N–H and O–H groups in total. The maximum absolute atomic E-state index is 5.36. The van der Waals surface area contributed by atoms with Crippen LogP contribution in [-0.2, 0) is 0 Å². The lowest BCUT2D eigenvalue weighted by Crippen LogP contribution is -2.60. The average Bonchev–Trinajstić information content (AvgIpc) is 2.46. The quantitative estimate of drug-likeness (QED) is 0.917. The van der Waals surface area contributed by atoms with Crippen LogP contribution in [0.3, 0.4) is 0 Å². The maximum atomic E-state index is 5.36. The Morgan fingerprint density at radius 2 is 2.05 bits per heavy atom. The molecule has 2 rings (SSSR count). The Bertz CT molecular complexity index is 432. The zero-order valence-electron chi connectivity index (χ0n) is 12.0. The molecule has 106 valence electrons. The molecule has 0 bridgehead atoms. The fourth-order valence-corrected chi connectivity index (χ4v) is 3.21. The molecule has 3 nitrogen and oxygen atoms in total. The Hall–Kier alpha value is -0.740. The minimum atomic E-state index is 0.244. The Morgan fingerprint density at radius 3 is 2.68 bits per heavy atom. The summed E-state index contributed by atoms with van der Waals surface area (Å²) in [6.07, 6.45) is 2.32. The first-order valence-corrected chi connectivity index (χ1v) is 7.76. The van der Waals surface area contributed by atoms with E-state index in [1.807, 2.05) is 6.07 Å². The molecule has 0 atom stereocenters. The third kappa shape index (κ3) is 3.23. The minimum absolute atomic E-state index is 0.244. The highest BCUT2D eigenvalue weighted by Crippen LogP contribution is 2.30. The van der Waals surface area contributed by atoms with Crippen LogP contribution in [0.15, 0.2) is 22.7 Å². The molecule has 0 amide bonds. The van der Waals surface area contributed by atoms with Crippen LogP contribution in [0.5, 0.6) is 5.75 Å². The number of ether oxygens (including phenoxy) is 1. The average molecular weight is 327 g/mol. The molecule has 1 saturated heterocycles. The summed E-state index contributed by atoms with van der Waals surface area (Å²) in [4.78, 5) is 2.46. The van der Waals surface area contributed by atoms with Crippen molar-refractivity contribution >= 4 is 21.6 Å². The molecule has 0 aliphatic carbocycles. The van der Waals surface area contributed by atoms with Gasteiger partial charge in [0.15, 0.2) is 0 Å². The summed E-state index contributed by atoms with van der Waals surface area (Å²) in [7, 11) is 1.71. The first-order chi connectivity index (χ1) is 9.12. The molecule has 1 aromatic rings. The summed E-state index contributed by atoms with van der Waals surface area (Å²) >= 11 is 3.56. The maximum Gasteiger partial charge on any atom is 0.122 e. The van der Waals surface area contributed by atoms with Gasteiger partial charge in [0.2, 0.25) is 0 Å². The molecule has 0 spiro atoms. The van der Waals surface area contributed by atoms with Crippen LogP contribution < -0.4 is 15.0 Å². The third-order valence-corrected chi connectivity index (χ3v) is 4.64. The van der Waals surface area contributed by atoms with Gasteiger partial charge in [0.05, 0.1) is 7.11 Å². The number of halogens is 1. The molecule has 0 aromatic heterocycles. The van der Waals surface area contributed by atoms with Crippen molar-refractivity contribution in [2.24, 2.45) is 0 Å². The standard InChI is InChI=1S/C15H23BrN2O/c1-4-15(5-2)11-18(7-6-17-15)13-8-12(16)9-14(10-13)19-3/h8-10,17H,4-7,11H2,1-3H3. The second-order valence-electron chi connectivity index (χ2n) is 5.19. The molecule has 1 fully saturated rings. The largest absolute Gasteiger partial charge is 0.497 e. The van der Waals surface area contributed by atoms with Gasteiger partial charge in [-0.1, -0.05) is 29.8 Å². The predicted octanol–water partition coefficient (Wildman–Crippen LogP) is 3.43. The van der Waals surface area contributed by atoms with Crippen molar-refractivity contribution in [3.05, 3.63) is 22.7 Å². The number of anilines is 1. The van der Waals surface area contributed by atoms with Crippen molar-refractivity contribution in [3.8, 4) is 5.75 Å². The van der Waals surface area contributed by atoms with Crippen LogP contribution >= 0.6 is 15.9 Å². The van der Waals surface area contributed by atoms with E-state index in [4.69, 9.17) is 4.74 Å². The number of nitrogens with one attached hydrogen (secondary N) is 1. The molecular weight excluding hydrogens is 304 g/mol. The van der Waals surface area contributed by atoms with Gasteiger partial charge in [-0.3, -0.25) is 0 Å². The van der Waals surface area contributed by atoms with E-state index < -0.39 is 0 Å². The lowest BCUT2D eigenvalue weighted by Gasteiger charge is -2.44. The van der Waals surface area contributed by atoms with Gasteiger partial charge in [0, 0.05) is 41.4 Å². The fraction of sp³-hybridized carbons (Fsp3) is 0.600. The normalized spacial score (nSPS) is 18.4. The van der Waals surface area contributed by atoms with Gasteiger partial charge < -0.3 is 15.0 Å². The number of benzene rings is 1. The van der Waals surface area contributed by atoms with Gasteiger partial charge in [-0.2, -0.15) is 0 Å². The van der Waals surface area contributed by atoms with Gasteiger partial charge in [-0.25, -0.2) is 0 Å². The van der Waals surface area contributed by atoms with Gasteiger partial charge in [0.1, 0.15) is 5.75 Å². The lowest BCUT2D eigenvalue weighted by atomic mass is 9.90. The molecule has 1 heterocycles. The highest BCUT2D eigenvalue weighted by Gasteiger charge is 2.31. The van der Waals surface area contributed by atoms with Gasteiger partial charge in [-0.15, -0.1) is 0 Å². The van der Waals surface area contributed by atoms with E-state index in [-0.39, 0.29) is 5.54 Å². The topological polar surface area (TPSA) is 24.5 Å². The van der Waals surface area contributed by atoms with Crippen LogP contribution in [0.4, 0.5) is 5.69 Å². The fourth-order valence-electron chi connectivity index (χ4n) is 2.75. The Labute approximate surface area is 124 Å². The Balaban J connectivity index is 2.24. The van der Waals surface area contributed by atoms with Crippen molar-refractivity contribution in [3.63, 3.8) is 0 Å². The van der Waals surface area contributed by atoms with Gasteiger partial charge in [-0.05, 0) is 25.0 Å². The molecular formula is C15H23BrN2O. The molecule has 0 saturated carbocycles. The highest BCUT2D eigenvalue weighted by molar-refractivity contribution is 9.10. The van der Waals surface area contributed by atoms with Crippen molar-refractivity contribution in [1.29, 1.82) is 0 Å². The molecule has 4 heteroatoms. The molecule has 0 unspecified atom stereocenters. The van der Waals surface area contributed by atoms with Crippen LogP contribution in [0.25, 0.3) is 0 Å². The van der Waals surface area contributed by atoms with Crippen molar-refractivity contribution in [2.45, 2.75) is 32.2 Å². The van der Waals surface area contributed by atoms with E-state index >= 15 is 0 Å². The van der Waals surface area contributed by atoms with Crippen molar-refractivity contribution < 1.29 is 4.74 Å². The SMILES string of the molecule is CCC1(CC)CN(c2cc(Br)cc(OC)c2)CCN1. The zero-order chi connectivity index (χ0) is 13.9. The van der Waals surface area contributed by atoms with E-state index in [1.165, 1.54) is 5.69 Å². The predicted molar refractivity (Wildman–Crippen MR) is 84.2 cm³/mol. The van der Waals surface area contributed by atoms with Crippen LogP contribution in [0.1, 0.15) is 26.7 Å². The van der Waals surface area contributed by atoms with Crippen LogP contribution in [0, 0.1) is 0 Å². The highest BCUT2D eigenvalue weighted by atomic mass is 79.9. The molecule has 1 aromatic carbocycles. The van der Waals surface area contributed by atoms with E-state index in [0.29, 0.717) is 0 Å². The van der Waals surface area contributed by atoms with E-state index in [2.05, 4.69) is 52.1 Å². The second-order valence-corrected chi connectivity index (χ2v) is 6.10. The number of methoxy groups -OCH3 is 1. The first kappa shape index (κ1) is 14.7. The molecule has 0 radical (unpaired) electrons. The summed E-state index contributed by atoms with van der Waals surface area (Å²) in [6.45, 7) is 7.67. The monoisotopic (exact) mass is 326 g/mol. The summed E-state index contributed by atoms with van der Waals surface area (Å²) < 4.78 is 6.43. The van der Waals surface area contributed by atoms with E-state index in [1.54, 1.807) is 7.11 Å². The van der Waals surface area contributed by atoms with Crippen molar-refractivity contribution in [1.82, 2.24) is 5.32 Å². The third-order valence-electron chi connectivity index (χ3n) is 4.19. The summed E-state index contributed by atoms with van der Waals surface area (Å²) in [6, 6.07) is 6.29. The molecule has 1 aliphatic heterocycles. The first-order valence-electron chi connectivity index (χ1n) is 6.97. The van der Waals surface area contributed by atoms with E-state index in [9.17, 15) is 0 Å². The summed E-state index contributed by atoms with van der Waals surface area (Å²) in [5.41, 5.74) is 1.48. The number of piperazine rings is 1. The summed E-state index contributed by atoms with van der Waals surface area (Å²) in [5.74, 6) is 0.904. The number of hydrogen-bond donors (Lipinski definition) is 1. The van der Waals surface area contributed by atoms with Gasteiger partial charge >= 0.3 is 0 Å².